The van der Waals surface area contributed by atoms with Gasteiger partial charge in [0.15, 0.2) is 0 Å². The maximum atomic E-state index is 12.3. The second kappa shape index (κ2) is 5.71. The third-order valence-corrected chi connectivity index (χ3v) is 5.14. The fraction of sp³-hybridized carbons (Fsp3) is 0.462. The van der Waals surface area contributed by atoms with Gasteiger partial charge >= 0.3 is 0 Å². The molecular formula is C13H18N2O3S. The van der Waals surface area contributed by atoms with Crippen LogP contribution in [-0.2, 0) is 20.6 Å². The molecule has 1 aliphatic heterocycles. The van der Waals surface area contributed by atoms with E-state index in [1.165, 1.54) is 4.31 Å². The molecule has 0 aliphatic carbocycles. The van der Waals surface area contributed by atoms with Crippen LogP contribution in [0.1, 0.15) is 11.1 Å². The molecule has 1 aliphatic rings. The van der Waals surface area contributed by atoms with Gasteiger partial charge in [0.2, 0.25) is 16.4 Å². The van der Waals surface area contributed by atoms with Crippen LogP contribution in [0.4, 0.5) is 0 Å². The summed E-state index contributed by atoms with van der Waals surface area (Å²) < 4.78 is 26.0. The molecule has 0 unspecified atom stereocenters. The molecule has 1 heterocycles. The van der Waals surface area contributed by atoms with Crippen molar-refractivity contribution in [3.05, 3.63) is 35.4 Å². The van der Waals surface area contributed by atoms with Crippen molar-refractivity contribution in [1.29, 1.82) is 0 Å². The van der Waals surface area contributed by atoms with Crippen molar-refractivity contribution in [1.82, 2.24) is 9.21 Å². The van der Waals surface area contributed by atoms with Crippen LogP contribution in [0, 0.1) is 6.92 Å². The lowest BCUT2D eigenvalue weighted by Gasteiger charge is -2.31. The van der Waals surface area contributed by atoms with Crippen molar-refractivity contribution in [2.45, 2.75) is 12.7 Å². The molecule has 1 aromatic rings. The van der Waals surface area contributed by atoms with Crippen molar-refractivity contribution >= 4 is 16.4 Å². The molecule has 2 rings (SSSR count). The van der Waals surface area contributed by atoms with Crippen molar-refractivity contribution in [2.24, 2.45) is 0 Å². The Bertz CT molecular complexity index is 532. The Morgan fingerprint density at radius 3 is 2.21 bits per heavy atom. The highest BCUT2D eigenvalue weighted by molar-refractivity contribution is 7.88. The van der Waals surface area contributed by atoms with Gasteiger partial charge in [0.05, 0.1) is 5.75 Å². The molecule has 1 aromatic carbocycles. The molecule has 0 radical (unpaired) electrons. The predicted octanol–water partition coefficient (Wildman–Crippen LogP) is 0.599. The van der Waals surface area contributed by atoms with Crippen LogP contribution in [-0.4, -0.2) is 50.2 Å². The van der Waals surface area contributed by atoms with Gasteiger partial charge in [0.25, 0.3) is 0 Å². The molecule has 19 heavy (non-hydrogen) atoms. The lowest BCUT2D eigenvalue weighted by molar-refractivity contribution is -0.119. The Labute approximate surface area is 113 Å². The van der Waals surface area contributed by atoms with E-state index in [2.05, 4.69) is 0 Å². The summed E-state index contributed by atoms with van der Waals surface area (Å²) >= 11 is 0. The number of aryl methyl sites for hydroxylation is 1. The van der Waals surface area contributed by atoms with E-state index in [0.717, 1.165) is 17.5 Å². The smallest absolute Gasteiger partial charge is 0.218 e. The molecule has 1 fully saturated rings. The highest BCUT2D eigenvalue weighted by Gasteiger charge is 2.26. The maximum Gasteiger partial charge on any atom is 0.218 e. The summed E-state index contributed by atoms with van der Waals surface area (Å²) in [5, 5.41) is 0. The molecule has 1 amide bonds. The highest BCUT2D eigenvalue weighted by Crippen LogP contribution is 2.13. The first-order valence-electron chi connectivity index (χ1n) is 6.24. The molecule has 0 N–H and O–H groups in total. The van der Waals surface area contributed by atoms with E-state index < -0.39 is 10.0 Å². The molecular weight excluding hydrogens is 264 g/mol. The molecule has 5 nitrogen and oxygen atoms in total. The van der Waals surface area contributed by atoms with E-state index in [1.807, 2.05) is 31.2 Å². The fourth-order valence-electron chi connectivity index (χ4n) is 2.07. The Kier molecular flexibility index (Phi) is 4.21. The number of piperazine rings is 1. The summed E-state index contributed by atoms with van der Waals surface area (Å²) in [6, 6.07) is 7.51. The molecule has 104 valence electrons. The number of sulfonamides is 1. The van der Waals surface area contributed by atoms with Crippen LogP contribution in [0.2, 0.25) is 0 Å². The van der Waals surface area contributed by atoms with Crippen molar-refractivity contribution in [2.75, 3.05) is 26.2 Å². The van der Waals surface area contributed by atoms with Gasteiger partial charge in [0.1, 0.15) is 0 Å². The van der Waals surface area contributed by atoms with Crippen LogP contribution in [0.15, 0.2) is 24.3 Å². The van der Waals surface area contributed by atoms with E-state index in [1.54, 1.807) is 4.90 Å². The average Bonchev–Trinajstić information content (AvgIpc) is 2.41. The molecule has 0 aromatic heterocycles. The lowest BCUT2D eigenvalue weighted by Crippen LogP contribution is -2.48. The second-order valence-corrected chi connectivity index (χ2v) is 6.75. The van der Waals surface area contributed by atoms with Crippen LogP contribution in [0.25, 0.3) is 0 Å². The third-order valence-electron chi connectivity index (χ3n) is 3.29. The first-order valence-corrected chi connectivity index (χ1v) is 7.85. The highest BCUT2D eigenvalue weighted by atomic mass is 32.2. The molecule has 0 atom stereocenters. The number of nitrogens with zero attached hydrogens (tertiary/aromatic N) is 2. The monoisotopic (exact) mass is 282 g/mol. The van der Waals surface area contributed by atoms with Gasteiger partial charge in [-0.05, 0) is 12.5 Å². The Morgan fingerprint density at radius 2 is 1.68 bits per heavy atom. The SMILES string of the molecule is Cc1ccc(CS(=O)(=O)N2CCN(C=O)CC2)cc1. The number of carbonyl (C=O) groups is 1. The van der Waals surface area contributed by atoms with E-state index in [0.29, 0.717) is 26.2 Å². The summed E-state index contributed by atoms with van der Waals surface area (Å²) in [6.07, 6.45) is 0.768. The largest absolute Gasteiger partial charge is 0.343 e. The minimum atomic E-state index is -3.29. The van der Waals surface area contributed by atoms with Gasteiger partial charge in [-0.15, -0.1) is 0 Å². The summed E-state index contributed by atoms with van der Waals surface area (Å²) in [5.74, 6) is 0.0222. The van der Waals surface area contributed by atoms with E-state index in [4.69, 9.17) is 0 Å². The number of hydrogen-bond donors (Lipinski definition) is 0. The van der Waals surface area contributed by atoms with Crippen molar-refractivity contribution in [3.63, 3.8) is 0 Å². The quantitative estimate of drug-likeness (QED) is 0.760. The van der Waals surface area contributed by atoms with Crippen LogP contribution < -0.4 is 0 Å². The standard InChI is InChI=1S/C13H18N2O3S/c1-12-2-4-13(5-3-12)10-19(17,18)15-8-6-14(11-16)7-9-15/h2-5,11H,6-10H2,1H3. The van der Waals surface area contributed by atoms with Gasteiger partial charge in [-0.1, -0.05) is 29.8 Å². The lowest BCUT2D eigenvalue weighted by atomic mass is 10.2. The second-order valence-electron chi connectivity index (χ2n) is 4.78. The molecule has 0 saturated carbocycles. The minimum absolute atomic E-state index is 0.0222. The Hall–Kier alpha value is -1.40. The van der Waals surface area contributed by atoms with Crippen molar-refractivity contribution in [3.8, 4) is 0 Å². The first-order chi connectivity index (χ1) is 9.01. The van der Waals surface area contributed by atoms with Crippen LogP contribution in [0.5, 0.6) is 0 Å². The molecule has 0 bridgehead atoms. The topological polar surface area (TPSA) is 57.7 Å². The van der Waals surface area contributed by atoms with Crippen molar-refractivity contribution < 1.29 is 13.2 Å². The number of hydrogen-bond acceptors (Lipinski definition) is 3. The van der Waals surface area contributed by atoms with Gasteiger partial charge in [-0.25, -0.2) is 8.42 Å². The van der Waals surface area contributed by atoms with E-state index >= 15 is 0 Å². The van der Waals surface area contributed by atoms with Gasteiger partial charge < -0.3 is 4.90 Å². The van der Waals surface area contributed by atoms with E-state index in [9.17, 15) is 13.2 Å². The number of rotatable bonds is 4. The van der Waals surface area contributed by atoms with Crippen LogP contribution >= 0.6 is 0 Å². The molecule has 6 heteroatoms. The van der Waals surface area contributed by atoms with E-state index in [-0.39, 0.29) is 5.75 Å². The van der Waals surface area contributed by atoms with Gasteiger partial charge in [-0.3, -0.25) is 4.79 Å². The maximum absolute atomic E-state index is 12.3. The van der Waals surface area contributed by atoms with Gasteiger partial charge in [0, 0.05) is 26.2 Å². The summed E-state index contributed by atoms with van der Waals surface area (Å²) in [7, 11) is -3.29. The Balaban J connectivity index is 2.02. The summed E-state index contributed by atoms with van der Waals surface area (Å²) in [6.45, 7) is 3.67. The zero-order valence-corrected chi connectivity index (χ0v) is 11.8. The number of carbonyl (C=O) groups excluding carboxylic acids is 1. The normalized spacial score (nSPS) is 17.4. The third kappa shape index (κ3) is 3.54. The first kappa shape index (κ1) is 14.0. The molecule has 0 spiro atoms. The zero-order valence-electron chi connectivity index (χ0n) is 10.9. The number of amides is 1. The molecule has 1 saturated heterocycles. The van der Waals surface area contributed by atoms with Gasteiger partial charge in [-0.2, -0.15) is 4.31 Å². The predicted molar refractivity (Wildman–Crippen MR) is 73.0 cm³/mol. The number of benzene rings is 1. The zero-order chi connectivity index (χ0) is 13.9. The minimum Gasteiger partial charge on any atom is -0.343 e. The summed E-state index contributed by atoms with van der Waals surface area (Å²) in [4.78, 5) is 12.2. The summed E-state index contributed by atoms with van der Waals surface area (Å²) in [5.41, 5.74) is 1.91. The fourth-order valence-corrected chi connectivity index (χ4v) is 3.59. The van der Waals surface area contributed by atoms with Crippen LogP contribution in [0.3, 0.4) is 0 Å². The Morgan fingerprint density at radius 1 is 1.11 bits per heavy atom. The average molecular weight is 282 g/mol.